The molecule has 0 saturated carbocycles. The van der Waals surface area contributed by atoms with Gasteiger partial charge in [0.25, 0.3) is 0 Å². The van der Waals surface area contributed by atoms with Crippen LogP contribution in [0.4, 0.5) is 5.00 Å². The Kier molecular flexibility index (Phi) is 2.12. The van der Waals surface area contributed by atoms with E-state index >= 15 is 0 Å². The predicted molar refractivity (Wildman–Crippen MR) is 50.2 cm³/mol. The summed E-state index contributed by atoms with van der Waals surface area (Å²) in [5, 5.41) is 0.725. The summed E-state index contributed by atoms with van der Waals surface area (Å²) in [5.41, 5.74) is 6.59. The summed E-state index contributed by atoms with van der Waals surface area (Å²) in [6.07, 6.45) is 0. The Bertz CT molecular complexity index is 262. The third kappa shape index (κ3) is 1.84. The molecule has 0 aliphatic carbocycles. The van der Waals surface area contributed by atoms with Crippen LogP contribution in [0.5, 0.6) is 0 Å². The number of nitrogen functional groups attached to an aromatic ring is 1. The Balaban J connectivity index is 3.13. The summed E-state index contributed by atoms with van der Waals surface area (Å²) in [6, 6.07) is 0. The maximum absolute atomic E-state index is 5.70. The number of aromatic nitrogens is 1. The van der Waals surface area contributed by atoms with Crippen molar-refractivity contribution in [2.24, 2.45) is 0 Å². The molecule has 62 valence electrons. The molecule has 0 saturated heterocycles. The molecule has 0 aromatic carbocycles. The van der Waals surface area contributed by atoms with Gasteiger partial charge in [0.15, 0.2) is 4.47 Å². The maximum atomic E-state index is 5.70. The molecule has 1 aromatic rings. The lowest BCUT2D eigenvalue weighted by Gasteiger charge is -2.15. The number of hydrogen-bond donors (Lipinski definition) is 1. The van der Waals surface area contributed by atoms with Gasteiger partial charge in [-0.3, -0.25) is 0 Å². The van der Waals surface area contributed by atoms with Gasteiger partial charge in [-0.25, -0.2) is 4.98 Å². The van der Waals surface area contributed by atoms with E-state index in [1.165, 1.54) is 11.3 Å². The van der Waals surface area contributed by atoms with Gasteiger partial charge in [0, 0.05) is 5.41 Å². The molecule has 0 atom stereocenters. The Morgan fingerprint density at radius 2 is 2.00 bits per heavy atom. The van der Waals surface area contributed by atoms with Crippen molar-refractivity contribution >= 4 is 27.9 Å². The summed E-state index contributed by atoms with van der Waals surface area (Å²) in [5.74, 6) is 0. The second kappa shape index (κ2) is 2.64. The smallest absolute Gasteiger partial charge is 0.185 e. The minimum Gasteiger partial charge on any atom is -0.389 e. The monoisotopic (exact) mass is 190 g/mol. The number of rotatable bonds is 0. The Hall–Kier alpha value is -0.280. The normalized spacial score (nSPS) is 12.0. The highest BCUT2D eigenvalue weighted by molar-refractivity contribution is 7.19. The van der Waals surface area contributed by atoms with Gasteiger partial charge in [0.2, 0.25) is 0 Å². The van der Waals surface area contributed by atoms with E-state index in [4.69, 9.17) is 17.3 Å². The van der Waals surface area contributed by atoms with Crippen LogP contribution in [0.1, 0.15) is 26.5 Å². The van der Waals surface area contributed by atoms with Crippen LogP contribution in [0.15, 0.2) is 0 Å². The zero-order chi connectivity index (χ0) is 8.65. The Labute approximate surface area is 75.4 Å². The van der Waals surface area contributed by atoms with Crippen LogP contribution in [0.25, 0.3) is 0 Å². The lowest BCUT2D eigenvalue weighted by molar-refractivity contribution is 0.575. The molecule has 0 unspecified atom stereocenters. The van der Waals surface area contributed by atoms with E-state index in [1.54, 1.807) is 0 Å². The molecule has 0 aliphatic rings. The first kappa shape index (κ1) is 8.81. The summed E-state index contributed by atoms with van der Waals surface area (Å²) in [7, 11) is 0. The van der Waals surface area contributed by atoms with Crippen molar-refractivity contribution < 1.29 is 0 Å². The highest BCUT2D eigenvalue weighted by Gasteiger charge is 2.20. The van der Waals surface area contributed by atoms with Crippen molar-refractivity contribution in [1.29, 1.82) is 0 Å². The third-order valence-corrected chi connectivity index (χ3v) is 2.33. The van der Waals surface area contributed by atoms with Crippen molar-refractivity contribution in [3.63, 3.8) is 0 Å². The van der Waals surface area contributed by atoms with E-state index < -0.39 is 0 Å². The minimum atomic E-state index is -0.00623. The van der Waals surface area contributed by atoms with E-state index in [1.807, 2.05) is 0 Å². The fraction of sp³-hybridized carbons (Fsp3) is 0.571. The van der Waals surface area contributed by atoms with E-state index in [0.717, 1.165) is 10.7 Å². The topological polar surface area (TPSA) is 38.9 Å². The van der Waals surface area contributed by atoms with Crippen molar-refractivity contribution in [1.82, 2.24) is 4.98 Å². The molecule has 11 heavy (non-hydrogen) atoms. The molecule has 1 heterocycles. The van der Waals surface area contributed by atoms with Crippen LogP contribution >= 0.6 is 22.9 Å². The molecule has 4 heteroatoms. The quantitative estimate of drug-likeness (QED) is 0.683. The molecule has 0 aliphatic heterocycles. The van der Waals surface area contributed by atoms with E-state index in [9.17, 15) is 0 Å². The van der Waals surface area contributed by atoms with Crippen molar-refractivity contribution in [2.75, 3.05) is 5.73 Å². The van der Waals surface area contributed by atoms with Crippen LogP contribution < -0.4 is 5.73 Å². The molecular formula is C7H11ClN2S. The second-order valence-electron chi connectivity index (χ2n) is 3.43. The molecular weight excluding hydrogens is 180 g/mol. The number of hydrogen-bond acceptors (Lipinski definition) is 3. The van der Waals surface area contributed by atoms with Crippen molar-refractivity contribution in [2.45, 2.75) is 26.2 Å². The zero-order valence-electron chi connectivity index (χ0n) is 6.81. The standard InChI is InChI=1S/C7H11ClN2S/c1-7(2,3)4-5(9)11-6(8)10-4/h9H2,1-3H3. The average Bonchev–Trinajstić information content (AvgIpc) is 2.08. The Morgan fingerprint density at radius 1 is 1.45 bits per heavy atom. The third-order valence-electron chi connectivity index (χ3n) is 1.34. The van der Waals surface area contributed by atoms with Gasteiger partial charge in [-0.05, 0) is 0 Å². The first-order valence-electron chi connectivity index (χ1n) is 3.33. The molecule has 0 radical (unpaired) electrons. The molecule has 1 aromatic heterocycles. The van der Waals surface area contributed by atoms with Crippen molar-refractivity contribution in [3.8, 4) is 0 Å². The largest absolute Gasteiger partial charge is 0.389 e. The second-order valence-corrected chi connectivity index (χ2v) is 5.04. The average molecular weight is 191 g/mol. The fourth-order valence-corrected chi connectivity index (χ4v) is 1.94. The fourth-order valence-electron chi connectivity index (χ4n) is 0.842. The number of anilines is 1. The van der Waals surface area contributed by atoms with Crippen LogP contribution in [-0.2, 0) is 5.41 Å². The van der Waals surface area contributed by atoms with Gasteiger partial charge in [-0.2, -0.15) is 0 Å². The molecule has 0 amide bonds. The highest BCUT2D eigenvalue weighted by Crippen LogP contribution is 2.33. The predicted octanol–water partition coefficient (Wildman–Crippen LogP) is 2.68. The van der Waals surface area contributed by atoms with Crippen LogP contribution in [0.2, 0.25) is 4.47 Å². The van der Waals surface area contributed by atoms with Crippen LogP contribution in [-0.4, -0.2) is 4.98 Å². The summed E-state index contributed by atoms with van der Waals surface area (Å²) in [4.78, 5) is 4.14. The number of thiazole rings is 1. The van der Waals surface area contributed by atoms with Gasteiger partial charge in [-0.1, -0.05) is 43.7 Å². The molecule has 2 N–H and O–H groups in total. The van der Waals surface area contributed by atoms with Crippen molar-refractivity contribution in [3.05, 3.63) is 10.2 Å². The first-order chi connectivity index (χ1) is 4.91. The van der Waals surface area contributed by atoms with Crippen LogP contribution in [0, 0.1) is 0 Å². The van der Waals surface area contributed by atoms with E-state index in [0.29, 0.717) is 4.47 Å². The minimum absolute atomic E-state index is 0.00623. The number of nitrogens with zero attached hydrogens (tertiary/aromatic N) is 1. The molecule has 0 spiro atoms. The summed E-state index contributed by atoms with van der Waals surface area (Å²) < 4.78 is 0.521. The van der Waals surface area contributed by atoms with Gasteiger partial charge in [0.05, 0.1) is 5.69 Å². The number of halogens is 1. The first-order valence-corrected chi connectivity index (χ1v) is 4.53. The maximum Gasteiger partial charge on any atom is 0.185 e. The molecule has 0 fully saturated rings. The van der Waals surface area contributed by atoms with E-state index in [-0.39, 0.29) is 5.41 Å². The van der Waals surface area contributed by atoms with Gasteiger partial charge < -0.3 is 5.73 Å². The highest BCUT2D eigenvalue weighted by atomic mass is 35.5. The molecule has 2 nitrogen and oxygen atoms in total. The SMILES string of the molecule is CC(C)(C)c1nc(Cl)sc1N. The summed E-state index contributed by atoms with van der Waals surface area (Å²) in [6.45, 7) is 6.19. The van der Waals surface area contributed by atoms with Gasteiger partial charge in [0.1, 0.15) is 5.00 Å². The molecule has 1 rings (SSSR count). The lowest BCUT2D eigenvalue weighted by atomic mass is 9.93. The summed E-state index contributed by atoms with van der Waals surface area (Å²) >= 11 is 7.03. The lowest BCUT2D eigenvalue weighted by Crippen LogP contribution is -2.13. The van der Waals surface area contributed by atoms with E-state index in [2.05, 4.69) is 25.8 Å². The molecule has 0 bridgehead atoms. The van der Waals surface area contributed by atoms with Crippen LogP contribution in [0.3, 0.4) is 0 Å². The Morgan fingerprint density at radius 3 is 2.18 bits per heavy atom. The number of nitrogens with two attached hydrogens (primary N) is 1. The van der Waals surface area contributed by atoms with Gasteiger partial charge in [-0.15, -0.1) is 0 Å². The van der Waals surface area contributed by atoms with Gasteiger partial charge >= 0.3 is 0 Å². The zero-order valence-corrected chi connectivity index (χ0v) is 8.38.